The number of rotatable bonds is 6. The number of carbonyl (C=O) groups excluding carboxylic acids is 2. The van der Waals surface area contributed by atoms with E-state index in [1.165, 1.54) is 16.6 Å². The number of benzene rings is 2. The second-order valence-electron chi connectivity index (χ2n) is 6.93. The van der Waals surface area contributed by atoms with E-state index >= 15 is 0 Å². The van der Waals surface area contributed by atoms with Crippen molar-refractivity contribution in [2.45, 2.75) is 19.8 Å². The molecule has 0 aromatic heterocycles. The molecule has 0 bridgehead atoms. The summed E-state index contributed by atoms with van der Waals surface area (Å²) in [6.07, 6.45) is 2.38. The number of ketones is 1. The van der Waals surface area contributed by atoms with Crippen molar-refractivity contribution in [3.63, 3.8) is 0 Å². The first-order valence-corrected chi connectivity index (χ1v) is 10.9. The molecule has 6 nitrogen and oxygen atoms in total. The molecule has 0 atom stereocenters. The van der Waals surface area contributed by atoms with Gasteiger partial charge in [-0.15, -0.1) is 0 Å². The van der Waals surface area contributed by atoms with Gasteiger partial charge in [0.05, 0.1) is 5.92 Å². The molecule has 0 aliphatic carbocycles. The highest BCUT2D eigenvalue weighted by Gasteiger charge is 2.31. The molecule has 152 valence electrons. The van der Waals surface area contributed by atoms with Crippen molar-refractivity contribution in [1.82, 2.24) is 4.31 Å². The fourth-order valence-corrected chi connectivity index (χ4v) is 4.34. The van der Waals surface area contributed by atoms with Gasteiger partial charge < -0.3 is 4.74 Å². The summed E-state index contributed by atoms with van der Waals surface area (Å²) in [7, 11) is -3.53. The first-order valence-electron chi connectivity index (χ1n) is 9.41. The van der Waals surface area contributed by atoms with Gasteiger partial charge in [-0.25, -0.2) is 8.42 Å². The van der Waals surface area contributed by atoms with E-state index in [1.807, 2.05) is 30.3 Å². The van der Waals surface area contributed by atoms with Gasteiger partial charge >= 0.3 is 5.97 Å². The summed E-state index contributed by atoms with van der Waals surface area (Å²) >= 11 is 0. The SMILES string of the molecule is CC(=O)c1ccc(OC(=O)C2CCN(S(=O)(=O)/C=C/c3ccccc3)CC2)cc1. The Labute approximate surface area is 170 Å². The van der Waals surface area contributed by atoms with Gasteiger partial charge in [0.25, 0.3) is 0 Å². The molecule has 0 unspecified atom stereocenters. The molecule has 1 saturated heterocycles. The monoisotopic (exact) mass is 413 g/mol. The van der Waals surface area contributed by atoms with Crippen LogP contribution in [0, 0.1) is 5.92 Å². The normalized spacial score (nSPS) is 16.0. The Morgan fingerprint density at radius 1 is 1.00 bits per heavy atom. The molecule has 29 heavy (non-hydrogen) atoms. The highest BCUT2D eigenvalue weighted by molar-refractivity contribution is 7.92. The number of sulfonamides is 1. The summed E-state index contributed by atoms with van der Waals surface area (Å²) in [6, 6.07) is 15.6. The standard InChI is InChI=1S/C22H23NO5S/c1-17(24)19-7-9-21(10-8-19)28-22(25)20-11-14-23(15-12-20)29(26,27)16-13-18-5-3-2-4-6-18/h2-10,13,16,20H,11-12,14-15H2,1H3/b16-13+. The van der Waals surface area contributed by atoms with Gasteiger partial charge in [0.2, 0.25) is 10.0 Å². The van der Waals surface area contributed by atoms with Gasteiger partial charge in [0.15, 0.2) is 5.78 Å². The van der Waals surface area contributed by atoms with Crippen LogP contribution in [0.2, 0.25) is 0 Å². The third kappa shape index (κ3) is 5.62. The maximum absolute atomic E-state index is 12.5. The molecule has 1 aliphatic heterocycles. The zero-order valence-corrected chi connectivity index (χ0v) is 17.0. The minimum atomic E-state index is -3.53. The lowest BCUT2D eigenvalue weighted by Crippen LogP contribution is -2.40. The van der Waals surface area contributed by atoms with Crippen LogP contribution < -0.4 is 4.74 Å². The van der Waals surface area contributed by atoms with E-state index in [2.05, 4.69) is 0 Å². The number of ether oxygens (including phenoxy) is 1. The Bertz CT molecular complexity index is 989. The molecule has 0 saturated carbocycles. The average molecular weight is 413 g/mol. The summed E-state index contributed by atoms with van der Waals surface area (Å²) in [6.45, 7) is 2.01. The Morgan fingerprint density at radius 2 is 1.62 bits per heavy atom. The third-order valence-corrected chi connectivity index (χ3v) is 6.42. The Hall–Kier alpha value is -2.77. The predicted octanol–water partition coefficient (Wildman–Crippen LogP) is 3.51. The van der Waals surface area contributed by atoms with Crippen LogP contribution in [0.5, 0.6) is 5.75 Å². The van der Waals surface area contributed by atoms with Gasteiger partial charge in [-0.3, -0.25) is 9.59 Å². The van der Waals surface area contributed by atoms with Gasteiger partial charge in [0.1, 0.15) is 5.75 Å². The van der Waals surface area contributed by atoms with Crippen LogP contribution in [-0.4, -0.2) is 37.6 Å². The first kappa shape index (κ1) is 21.0. The quantitative estimate of drug-likeness (QED) is 0.411. The minimum Gasteiger partial charge on any atom is -0.426 e. The second kappa shape index (κ2) is 9.15. The van der Waals surface area contributed by atoms with Crippen LogP contribution in [-0.2, 0) is 14.8 Å². The topological polar surface area (TPSA) is 80.8 Å². The fraction of sp³-hybridized carbons (Fsp3) is 0.273. The zero-order chi connectivity index (χ0) is 20.9. The molecule has 1 fully saturated rings. The summed E-state index contributed by atoms with van der Waals surface area (Å²) in [5.74, 6) is -0.414. The van der Waals surface area contributed by atoms with Crippen molar-refractivity contribution in [3.8, 4) is 5.75 Å². The van der Waals surface area contributed by atoms with E-state index in [-0.39, 0.29) is 30.8 Å². The molecule has 3 rings (SSSR count). The summed E-state index contributed by atoms with van der Waals surface area (Å²) in [5.41, 5.74) is 1.36. The van der Waals surface area contributed by atoms with Crippen molar-refractivity contribution < 1.29 is 22.7 Å². The van der Waals surface area contributed by atoms with Crippen LogP contribution in [0.4, 0.5) is 0 Å². The molecule has 0 spiro atoms. The largest absolute Gasteiger partial charge is 0.426 e. The molecule has 0 amide bonds. The van der Waals surface area contributed by atoms with Crippen molar-refractivity contribution in [3.05, 3.63) is 71.1 Å². The Kier molecular flexibility index (Phi) is 6.61. The van der Waals surface area contributed by atoms with Crippen LogP contribution in [0.1, 0.15) is 35.7 Å². The zero-order valence-electron chi connectivity index (χ0n) is 16.2. The number of Topliss-reactive ketones (excluding diaryl/α,β-unsaturated/α-hetero) is 1. The van der Waals surface area contributed by atoms with Gasteiger partial charge in [-0.2, -0.15) is 4.31 Å². The van der Waals surface area contributed by atoms with E-state index in [9.17, 15) is 18.0 Å². The number of piperidine rings is 1. The molecule has 7 heteroatoms. The van der Waals surface area contributed by atoms with E-state index in [0.717, 1.165) is 5.56 Å². The molecule has 1 heterocycles. The lowest BCUT2D eigenvalue weighted by atomic mass is 9.98. The average Bonchev–Trinajstić information content (AvgIpc) is 2.73. The van der Waals surface area contributed by atoms with E-state index in [0.29, 0.717) is 24.2 Å². The minimum absolute atomic E-state index is 0.0576. The summed E-state index contributed by atoms with van der Waals surface area (Å²) in [4.78, 5) is 23.7. The van der Waals surface area contributed by atoms with Gasteiger partial charge in [-0.1, -0.05) is 30.3 Å². The van der Waals surface area contributed by atoms with Crippen molar-refractivity contribution >= 4 is 27.9 Å². The third-order valence-electron chi connectivity index (χ3n) is 4.86. The van der Waals surface area contributed by atoms with Crippen LogP contribution in [0.25, 0.3) is 6.08 Å². The fourth-order valence-electron chi connectivity index (χ4n) is 3.12. The molecule has 0 radical (unpaired) electrons. The van der Waals surface area contributed by atoms with Crippen molar-refractivity contribution in [1.29, 1.82) is 0 Å². The second-order valence-corrected chi connectivity index (χ2v) is 8.75. The molecule has 2 aromatic rings. The number of hydrogen-bond donors (Lipinski definition) is 0. The number of carbonyl (C=O) groups is 2. The number of hydrogen-bond acceptors (Lipinski definition) is 5. The van der Waals surface area contributed by atoms with Gasteiger partial charge in [-0.05, 0) is 55.7 Å². The first-order chi connectivity index (χ1) is 13.8. The summed E-state index contributed by atoms with van der Waals surface area (Å²) < 4.78 is 31.8. The molecule has 1 aliphatic rings. The van der Waals surface area contributed by atoms with Crippen molar-refractivity contribution in [2.75, 3.05) is 13.1 Å². The van der Waals surface area contributed by atoms with Crippen LogP contribution in [0.15, 0.2) is 60.0 Å². The maximum atomic E-state index is 12.5. The lowest BCUT2D eigenvalue weighted by molar-refractivity contribution is -0.140. The van der Waals surface area contributed by atoms with Gasteiger partial charge in [0, 0.05) is 24.1 Å². The van der Waals surface area contributed by atoms with E-state index in [4.69, 9.17) is 4.74 Å². The van der Waals surface area contributed by atoms with E-state index < -0.39 is 10.0 Å². The Balaban J connectivity index is 1.54. The summed E-state index contributed by atoms with van der Waals surface area (Å²) in [5, 5.41) is 1.21. The van der Waals surface area contributed by atoms with Crippen LogP contribution in [0.3, 0.4) is 0 Å². The van der Waals surface area contributed by atoms with Crippen molar-refractivity contribution in [2.24, 2.45) is 5.92 Å². The highest BCUT2D eigenvalue weighted by atomic mass is 32.2. The number of nitrogens with zero attached hydrogens (tertiary/aromatic N) is 1. The Morgan fingerprint density at radius 3 is 2.21 bits per heavy atom. The number of esters is 1. The smallest absolute Gasteiger partial charge is 0.314 e. The molecular formula is C22H23NO5S. The van der Waals surface area contributed by atoms with E-state index in [1.54, 1.807) is 30.3 Å². The molecule has 0 N–H and O–H groups in total. The predicted molar refractivity (Wildman–Crippen MR) is 111 cm³/mol. The lowest BCUT2D eigenvalue weighted by Gasteiger charge is -2.29. The van der Waals surface area contributed by atoms with Crippen LogP contribution >= 0.6 is 0 Å². The molecular weight excluding hydrogens is 390 g/mol. The highest BCUT2D eigenvalue weighted by Crippen LogP contribution is 2.23. The maximum Gasteiger partial charge on any atom is 0.314 e. The molecule has 2 aromatic carbocycles.